The fourth-order valence-electron chi connectivity index (χ4n) is 3.24. The molecule has 0 bridgehead atoms. The van der Waals surface area contributed by atoms with E-state index >= 15 is 0 Å². The van der Waals surface area contributed by atoms with Crippen molar-refractivity contribution in [3.63, 3.8) is 0 Å². The summed E-state index contributed by atoms with van der Waals surface area (Å²) in [6.07, 6.45) is 6.81. The third-order valence-electron chi connectivity index (χ3n) is 4.45. The topological polar surface area (TPSA) is 81.2 Å². The first kappa shape index (κ1) is 19.6. The van der Waals surface area contributed by atoms with E-state index in [4.69, 9.17) is 0 Å². The van der Waals surface area contributed by atoms with E-state index in [0.29, 0.717) is 33.7 Å². The molecule has 0 spiro atoms. The highest BCUT2D eigenvalue weighted by Gasteiger charge is 2.32. The summed E-state index contributed by atoms with van der Waals surface area (Å²) in [4.78, 5) is 17.1. The van der Waals surface area contributed by atoms with E-state index in [-0.39, 0.29) is 11.7 Å². The summed E-state index contributed by atoms with van der Waals surface area (Å²) in [5.74, 6) is 0.210. The molecule has 0 aromatic heterocycles. The number of nitrogens with zero attached hydrogens (tertiary/aromatic N) is 3. The number of nitrogens with one attached hydrogen (secondary N) is 3. The molecule has 152 valence electrons. The van der Waals surface area contributed by atoms with Crippen molar-refractivity contribution in [3.8, 4) is 5.75 Å². The lowest BCUT2D eigenvalue weighted by atomic mass is 10.0. The quantitative estimate of drug-likeness (QED) is 0.616. The minimum atomic E-state index is -2.96. The number of hydrogen-bond donors (Lipinski definition) is 3. The predicted molar refractivity (Wildman–Crippen MR) is 105 cm³/mol. The molecule has 29 heavy (non-hydrogen) atoms. The first-order chi connectivity index (χ1) is 13.9. The zero-order chi connectivity index (χ0) is 20.5. The molecule has 3 N–H and O–H groups in total. The Bertz CT molecular complexity index is 962. The molecule has 1 atom stereocenters. The van der Waals surface area contributed by atoms with Gasteiger partial charge in [-0.1, -0.05) is 15.9 Å². The molecule has 3 aliphatic heterocycles. The Kier molecular flexibility index (Phi) is 5.35. The lowest BCUT2D eigenvalue weighted by Crippen LogP contribution is -2.33. The number of alkyl halides is 2. The molecule has 0 saturated carbocycles. The van der Waals surface area contributed by atoms with Crippen LogP contribution in [-0.2, 0) is 4.79 Å². The van der Waals surface area contributed by atoms with Crippen LogP contribution >= 0.6 is 15.9 Å². The SMILES string of the molecule is CN1C=C(NC(=O)C2=C3N=CC=CN3NC2)C(c2cc(Br)ccc2OC(F)F)N1. The second kappa shape index (κ2) is 7.93. The zero-order valence-corrected chi connectivity index (χ0v) is 16.8. The molecule has 0 aliphatic carbocycles. The van der Waals surface area contributed by atoms with Crippen LogP contribution in [0, 0.1) is 0 Å². The predicted octanol–water partition coefficient (Wildman–Crippen LogP) is 2.13. The average molecular weight is 467 g/mol. The maximum Gasteiger partial charge on any atom is 0.387 e. The van der Waals surface area contributed by atoms with Crippen LogP contribution in [-0.4, -0.2) is 42.3 Å². The fraction of sp³-hybridized carbons (Fsp3) is 0.222. The molecular formula is C18H17BrF2N6O2. The second-order valence-corrected chi connectivity index (χ2v) is 7.31. The number of ether oxygens (including phenoxy) is 1. The Morgan fingerprint density at radius 1 is 1.45 bits per heavy atom. The number of rotatable bonds is 5. The summed E-state index contributed by atoms with van der Waals surface area (Å²) < 4.78 is 31.1. The van der Waals surface area contributed by atoms with Gasteiger partial charge in [-0.2, -0.15) is 8.78 Å². The van der Waals surface area contributed by atoms with Crippen LogP contribution < -0.4 is 20.9 Å². The van der Waals surface area contributed by atoms with Gasteiger partial charge in [0.2, 0.25) is 0 Å². The molecule has 1 unspecified atom stereocenters. The highest BCUT2D eigenvalue weighted by molar-refractivity contribution is 9.10. The van der Waals surface area contributed by atoms with E-state index in [1.807, 2.05) is 0 Å². The number of allylic oxidation sites excluding steroid dienone is 1. The van der Waals surface area contributed by atoms with Crippen LogP contribution in [0.15, 0.2) is 63.2 Å². The van der Waals surface area contributed by atoms with Crippen LogP contribution in [0.1, 0.15) is 11.6 Å². The van der Waals surface area contributed by atoms with Gasteiger partial charge in [0.15, 0.2) is 5.82 Å². The molecule has 0 fully saturated rings. The molecule has 0 radical (unpaired) electrons. The number of amides is 1. The van der Waals surface area contributed by atoms with E-state index in [0.717, 1.165) is 0 Å². The van der Waals surface area contributed by atoms with Crippen LogP contribution in [0.4, 0.5) is 8.78 Å². The molecule has 11 heteroatoms. The van der Waals surface area contributed by atoms with Crippen molar-refractivity contribution in [1.82, 2.24) is 26.2 Å². The van der Waals surface area contributed by atoms with Crippen LogP contribution in [0.3, 0.4) is 0 Å². The Balaban J connectivity index is 1.60. The minimum absolute atomic E-state index is 0.0221. The van der Waals surface area contributed by atoms with E-state index in [1.165, 1.54) is 6.07 Å². The van der Waals surface area contributed by atoms with Gasteiger partial charge < -0.3 is 15.1 Å². The Labute approximate surface area is 173 Å². The van der Waals surface area contributed by atoms with Gasteiger partial charge in [-0.15, -0.1) is 0 Å². The Morgan fingerprint density at radius 2 is 2.28 bits per heavy atom. The first-order valence-electron chi connectivity index (χ1n) is 8.65. The average Bonchev–Trinajstić information content (AvgIpc) is 3.26. The summed E-state index contributed by atoms with van der Waals surface area (Å²) in [5.41, 5.74) is 7.58. The summed E-state index contributed by atoms with van der Waals surface area (Å²) in [5, 5.41) is 6.18. The van der Waals surface area contributed by atoms with E-state index in [1.54, 1.807) is 53.9 Å². The van der Waals surface area contributed by atoms with E-state index in [9.17, 15) is 13.6 Å². The number of carbonyl (C=O) groups excluding carboxylic acids is 1. The Morgan fingerprint density at radius 3 is 3.07 bits per heavy atom. The molecule has 1 aromatic carbocycles. The smallest absolute Gasteiger partial charge is 0.387 e. The third kappa shape index (κ3) is 4.02. The number of benzene rings is 1. The lowest BCUT2D eigenvalue weighted by Gasteiger charge is -2.21. The fourth-order valence-corrected chi connectivity index (χ4v) is 3.62. The van der Waals surface area contributed by atoms with Crippen molar-refractivity contribution in [2.45, 2.75) is 12.7 Å². The number of aliphatic imine (C=N–C) groups is 1. The van der Waals surface area contributed by atoms with Crippen molar-refractivity contribution in [1.29, 1.82) is 0 Å². The van der Waals surface area contributed by atoms with E-state index in [2.05, 4.69) is 41.8 Å². The minimum Gasteiger partial charge on any atom is -0.434 e. The van der Waals surface area contributed by atoms with E-state index < -0.39 is 12.7 Å². The second-order valence-electron chi connectivity index (χ2n) is 6.40. The molecule has 3 aliphatic rings. The Hall–Kier alpha value is -2.76. The van der Waals surface area contributed by atoms with Crippen molar-refractivity contribution in [2.24, 2.45) is 4.99 Å². The van der Waals surface area contributed by atoms with Gasteiger partial charge in [-0.25, -0.2) is 15.8 Å². The zero-order valence-electron chi connectivity index (χ0n) is 15.2. The third-order valence-corrected chi connectivity index (χ3v) is 4.94. The largest absolute Gasteiger partial charge is 0.434 e. The molecule has 4 rings (SSSR count). The van der Waals surface area contributed by atoms with Crippen LogP contribution in [0.25, 0.3) is 0 Å². The maximum absolute atomic E-state index is 12.9. The highest BCUT2D eigenvalue weighted by Crippen LogP contribution is 2.35. The maximum atomic E-state index is 12.9. The lowest BCUT2D eigenvalue weighted by molar-refractivity contribution is -0.116. The molecule has 0 saturated heterocycles. The van der Waals surface area contributed by atoms with Gasteiger partial charge >= 0.3 is 6.61 Å². The van der Waals surface area contributed by atoms with Crippen molar-refractivity contribution in [3.05, 3.63) is 63.8 Å². The van der Waals surface area contributed by atoms with Gasteiger partial charge in [0.25, 0.3) is 5.91 Å². The van der Waals surface area contributed by atoms with Gasteiger partial charge in [-0.05, 0) is 24.3 Å². The van der Waals surface area contributed by atoms with Crippen molar-refractivity contribution in [2.75, 3.05) is 13.6 Å². The number of halogens is 3. The van der Waals surface area contributed by atoms with Crippen molar-refractivity contribution >= 4 is 28.1 Å². The van der Waals surface area contributed by atoms with Crippen LogP contribution in [0.2, 0.25) is 0 Å². The molecule has 1 amide bonds. The summed E-state index contributed by atoms with van der Waals surface area (Å²) >= 11 is 3.35. The van der Waals surface area contributed by atoms with Crippen LogP contribution in [0.5, 0.6) is 5.75 Å². The first-order valence-corrected chi connectivity index (χ1v) is 9.45. The highest BCUT2D eigenvalue weighted by atomic mass is 79.9. The van der Waals surface area contributed by atoms with Crippen molar-refractivity contribution < 1.29 is 18.3 Å². The summed E-state index contributed by atoms with van der Waals surface area (Å²) in [6, 6.07) is 4.16. The number of hydrogen-bond acceptors (Lipinski definition) is 7. The van der Waals surface area contributed by atoms with Gasteiger partial charge in [-0.3, -0.25) is 9.80 Å². The number of carbonyl (C=O) groups is 1. The van der Waals surface area contributed by atoms with Gasteiger partial charge in [0.1, 0.15) is 5.75 Å². The summed E-state index contributed by atoms with van der Waals surface area (Å²) in [6.45, 7) is -2.64. The molecule has 8 nitrogen and oxygen atoms in total. The standard InChI is InChI=1S/C18H17BrF2N6O2/c1-26-9-13(24-17(28)12-8-23-27-6-2-5-22-16(12)27)15(25-26)11-7-10(19)3-4-14(11)29-18(20)21/h2-7,9,15,18,23,25H,8H2,1H3,(H,24,28). The number of hydrazine groups is 2. The normalized spacial score (nSPS) is 20.4. The summed E-state index contributed by atoms with van der Waals surface area (Å²) in [7, 11) is 1.74. The number of fused-ring (bicyclic) bond motifs is 1. The molecule has 1 aromatic rings. The monoisotopic (exact) mass is 466 g/mol. The molecular weight excluding hydrogens is 450 g/mol. The van der Waals surface area contributed by atoms with Gasteiger partial charge in [0, 0.05) is 42.2 Å². The molecule has 3 heterocycles. The van der Waals surface area contributed by atoms with Gasteiger partial charge in [0.05, 0.1) is 17.3 Å².